The molecule has 1 fully saturated rings. The molecule has 0 radical (unpaired) electrons. The number of hydrogen-bond donors (Lipinski definition) is 1. The third-order valence-electron chi connectivity index (χ3n) is 4.63. The molecule has 2 atom stereocenters. The van der Waals surface area contributed by atoms with E-state index in [1.807, 2.05) is 0 Å². The summed E-state index contributed by atoms with van der Waals surface area (Å²) in [5.41, 5.74) is 2.84. The van der Waals surface area contributed by atoms with Gasteiger partial charge in [0.15, 0.2) is 0 Å². The monoisotopic (exact) mass is 274 g/mol. The molecule has 0 amide bonds. The molecule has 2 rings (SSSR count). The Morgan fingerprint density at radius 2 is 1.95 bits per heavy atom. The molecule has 2 nitrogen and oxygen atoms in total. The molecule has 0 heterocycles. The lowest BCUT2D eigenvalue weighted by atomic mass is 9.85. The average molecular weight is 274 g/mol. The van der Waals surface area contributed by atoms with Crippen LogP contribution in [-0.4, -0.2) is 24.5 Å². The Morgan fingerprint density at radius 1 is 1.20 bits per heavy atom. The molecule has 0 bridgehead atoms. The molecular formula is C18H30N2. The van der Waals surface area contributed by atoms with E-state index in [2.05, 4.69) is 55.4 Å². The summed E-state index contributed by atoms with van der Waals surface area (Å²) in [5.74, 6) is 0.846. The molecule has 2 heteroatoms. The van der Waals surface area contributed by atoms with Crippen molar-refractivity contribution in [3.63, 3.8) is 0 Å². The normalized spacial score (nSPS) is 23.2. The highest BCUT2D eigenvalue weighted by Gasteiger charge is 2.24. The van der Waals surface area contributed by atoms with E-state index in [1.54, 1.807) is 0 Å². The lowest BCUT2D eigenvalue weighted by Gasteiger charge is -2.36. The van der Waals surface area contributed by atoms with Crippen LogP contribution in [0, 0.1) is 5.92 Å². The van der Waals surface area contributed by atoms with Gasteiger partial charge >= 0.3 is 0 Å². The Bertz CT molecular complexity index is 402. The van der Waals surface area contributed by atoms with Gasteiger partial charge in [0.2, 0.25) is 0 Å². The predicted molar refractivity (Wildman–Crippen MR) is 86.7 cm³/mol. The van der Waals surface area contributed by atoms with E-state index in [1.165, 1.54) is 36.8 Å². The van der Waals surface area contributed by atoms with Crippen molar-refractivity contribution in [2.75, 3.05) is 13.6 Å². The molecule has 0 aromatic heterocycles. The van der Waals surface area contributed by atoms with Crippen molar-refractivity contribution >= 4 is 0 Å². The third-order valence-corrected chi connectivity index (χ3v) is 4.63. The molecule has 1 aliphatic carbocycles. The van der Waals surface area contributed by atoms with Gasteiger partial charge in [-0.2, -0.15) is 0 Å². The second-order valence-electron chi connectivity index (χ2n) is 6.34. The van der Waals surface area contributed by atoms with Crippen molar-refractivity contribution in [2.45, 2.75) is 58.7 Å². The summed E-state index contributed by atoms with van der Waals surface area (Å²) in [6, 6.07) is 9.79. The van der Waals surface area contributed by atoms with Gasteiger partial charge in [-0.1, -0.05) is 51.0 Å². The maximum atomic E-state index is 3.40. The largest absolute Gasteiger partial charge is 0.313 e. The van der Waals surface area contributed by atoms with Gasteiger partial charge in [-0.05, 0) is 43.5 Å². The summed E-state index contributed by atoms with van der Waals surface area (Å²) in [5, 5.41) is 3.40. The lowest BCUT2D eigenvalue weighted by molar-refractivity contribution is 0.133. The molecule has 2 unspecified atom stereocenters. The molecule has 0 saturated heterocycles. The highest BCUT2D eigenvalue weighted by Crippen LogP contribution is 2.28. The van der Waals surface area contributed by atoms with E-state index in [4.69, 9.17) is 0 Å². The number of nitrogens with zero attached hydrogens (tertiary/aromatic N) is 1. The van der Waals surface area contributed by atoms with Gasteiger partial charge in [0, 0.05) is 19.1 Å². The van der Waals surface area contributed by atoms with Crippen LogP contribution in [-0.2, 0) is 13.1 Å². The SMILES string of the molecule is CCNCc1cccc(CN(C)C2CCCCC2C)c1. The Balaban J connectivity index is 1.94. The highest BCUT2D eigenvalue weighted by molar-refractivity contribution is 5.23. The molecule has 1 aromatic carbocycles. The summed E-state index contributed by atoms with van der Waals surface area (Å²) in [7, 11) is 2.30. The van der Waals surface area contributed by atoms with Crippen LogP contribution in [0.2, 0.25) is 0 Å². The molecule has 1 aromatic rings. The van der Waals surface area contributed by atoms with Crippen molar-refractivity contribution in [2.24, 2.45) is 5.92 Å². The first-order chi connectivity index (χ1) is 9.70. The first-order valence-electron chi connectivity index (χ1n) is 8.19. The second-order valence-corrected chi connectivity index (χ2v) is 6.34. The summed E-state index contributed by atoms with van der Waals surface area (Å²) >= 11 is 0. The van der Waals surface area contributed by atoms with Crippen LogP contribution in [0.3, 0.4) is 0 Å². The lowest BCUT2D eigenvalue weighted by Crippen LogP contribution is -2.38. The number of rotatable bonds is 6. The van der Waals surface area contributed by atoms with Crippen LogP contribution >= 0.6 is 0 Å². The van der Waals surface area contributed by atoms with Crippen molar-refractivity contribution in [3.05, 3.63) is 35.4 Å². The van der Waals surface area contributed by atoms with E-state index < -0.39 is 0 Å². The maximum Gasteiger partial charge on any atom is 0.0233 e. The Morgan fingerprint density at radius 3 is 2.70 bits per heavy atom. The third kappa shape index (κ3) is 4.32. The summed E-state index contributed by atoms with van der Waals surface area (Å²) in [6.45, 7) is 7.66. The fourth-order valence-electron chi connectivity index (χ4n) is 3.46. The van der Waals surface area contributed by atoms with Crippen molar-refractivity contribution in [3.8, 4) is 0 Å². The molecule has 20 heavy (non-hydrogen) atoms. The molecule has 1 N–H and O–H groups in total. The number of benzene rings is 1. The molecule has 0 spiro atoms. The molecular weight excluding hydrogens is 244 g/mol. The average Bonchev–Trinajstić information content (AvgIpc) is 2.46. The zero-order chi connectivity index (χ0) is 14.4. The van der Waals surface area contributed by atoms with Crippen LogP contribution in [0.4, 0.5) is 0 Å². The second kappa shape index (κ2) is 7.80. The van der Waals surface area contributed by atoms with Crippen LogP contribution in [0.5, 0.6) is 0 Å². The standard InChI is InChI=1S/C18H30N2/c1-4-19-13-16-9-7-10-17(12-16)14-20(3)18-11-6-5-8-15(18)2/h7,9-10,12,15,18-19H,4-6,8,11,13-14H2,1-3H3. The Labute approximate surface area is 124 Å². The Hall–Kier alpha value is -0.860. The van der Waals surface area contributed by atoms with Gasteiger partial charge in [0.05, 0.1) is 0 Å². The summed E-state index contributed by atoms with van der Waals surface area (Å²) in [6.07, 6.45) is 5.59. The smallest absolute Gasteiger partial charge is 0.0233 e. The highest BCUT2D eigenvalue weighted by atomic mass is 15.1. The zero-order valence-corrected chi connectivity index (χ0v) is 13.4. The molecule has 112 valence electrons. The minimum absolute atomic E-state index is 0.765. The fraction of sp³-hybridized carbons (Fsp3) is 0.667. The first-order valence-corrected chi connectivity index (χ1v) is 8.19. The zero-order valence-electron chi connectivity index (χ0n) is 13.4. The minimum Gasteiger partial charge on any atom is -0.313 e. The van der Waals surface area contributed by atoms with E-state index in [0.717, 1.165) is 31.6 Å². The summed E-state index contributed by atoms with van der Waals surface area (Å²) < 4.78 is 0. The molecule has 0 aliphatic heterocycles. The van der Waals surface area contributed by atoms with Crippen LogP contribution < -0.4 is 5.32 Å². The maximum absolute atomic E-state index is 3.40. The van der Waals surface area contributed by atoms with E-state index in [9.17, 15) is 0 Å². The van der Waals surface area contributed by atoms with E-state index >= 15 is 0 Å². The van der Waals surface area contributed by atoms with Gasteiger partial charge in [0.25, 0.3) is 0 Å². The van der Waals surface area contributed by atoms with Gasteiger partial charge in [-0.3, -0.25) is 4.90 Å². The van der Waals surface area contributed by atoms with Crippen LogP contribution in [0.25, 0.3) is 0 Å². The fourth-order valence-corrected chi connectivity index (χ4v) is 3.46. The minimum atomic E-state index is 0.765. The van der Waals surface area contributed by atoms with E-state index in [0.29, 0.717) is 0 Å². The van der Waals surface area contributed by atoms with Gasteiger partial charge < -0.3 is 5.32 Å². The first kappa shape index (κ1) is 15.5. The number of nitrogens with one attached hydrogen (secondary N) is 1. The summed E-state index contributed by atoms with van der Waals surface area (Å²) in [4.78, 5) is 2.57. The van der Waals surface area contributed by atoms with E-state index in [-0.39, 0.29) is 0 Å². The Kier molecular flexibility index (Phi) is 6.06. The van der Waals surface area contributed by atoms with Gasteiger partial charge in [-0.15, -0.1) is 0 Å². The van der Waals surface area contributed by atoms with Crippen molar-refractivity contribution in [1.82, 2.24) is 10.2 Å². The quantitative estimate of drug-likeness (QED) is 0.848. The van der Waals surface area contributed by atoms with Gasteiger partial charge in [0.1, 0.15) is 0 Å². The van der Waals surface area contributed by atoms with Crippen LogP contribution in [0.15, 0.2) is 24.3 Å². The van der Waals surface area contributed by atoms with Crippen molar-refractivity contribution in [1.29, 1.82) is 0 Å². The molecule has 1 saturated carbocycles. The molecule has 1 aliphatic rings. The van der Waals surface area contributed by atoms with Crippen molar-refractivity contribution < 1.29 is 0 Å². The number of hydrogen-bond acceptors (Lipinski definition) is 2. The van der Waals surface area contributed by atoms with Crippen LogP contribution in [0.1, 0.15) is 50.7 Å². The topological polar surface area (TPSA) is 15.3 Å². The van der Waals surface area contributed by atoms with Gasteiger partial charge in [-0.25, -0.2) is 0 Å². The predicted octanol–water partition coefficient (Wildman–Crippen LogP) is 3.81.